The monoisotopic (exact) mass is 740 g/mol. The maximum absolute atomic E-state index is 13.0. The number of likely N-dealkylation sites (N-methyl/N-ethyl adjacent to an activating group) is 1. The number of benzene rings is 3. The zero-order valence-corrected chi connectivity index (χ0v) is 32.0. The van der Waals surface area contributed by atoms with Crippen LogP contribution in [0.15, 0.2) is 97.2 Å². The van der Waals surface area contributed by atoms with E-state index in [2.05, 4.69) is 86.5 Å². The van der Waals surface area contributed by atoms with Gasteiger partial charge in [-0.3, -0.25) is 24.6 Å². The average molecular weight is 741 g/mol. The Balaban J connectivity index is 0.907. The molecule has 0 aliphatic carbocycles. The fourth-order valence-electron chi connectivity index (χ4n) is 8.31. The number of nitrogens with one attached hydrogen (secondary N) is 1. The van der Waals surface area contributed by atoms with Crippen molar-refractivity contribution in [2.75, 3.05) is 62.7 Å². The number of anilines is 2. The third kappa shape index (κ3) is 9.08. The summed E-state index contributed by atoms with van der Waals surface area (Å²) in [4.78, 5) is 50.3. The molecular formula is C45H52N6O4. The quantitative estimate of drug-likeness (QED) is 0.143. The van der Waals surface area contributed by atoms with Crippen molar-refractivity contribution in [2.45, 2.75) is 51.5 Å². The molecule has 55 heavy (non-hydrogen) atoms. The molecular weight excluding hydrogens is 689 g/mol. The maximum Gasteiger partial charge on any atom is 0.249 e. The first-order valence-corrected chi connectivity index (χ1v) is 19.7. The van der Waals surface area contributed by atoms with Crippen LogP contribution in [-0.4, -0.2) is 96.5 Å². The van der Waals surface area contributed by atoms with Crippen LogP contribution in [0.4, 0.5) is 11.5 Å². The zero-order valence-electron chi connectivity index (χ0n) is 32.0. The van der Waals surface area contributed by atoms with Gasteiger partial charge >= 0.3 is 0 Å². The number of hydrogen-bond acceptors (Lipinski definition) is 8. The minimum atomic E-state index is -0.618. The number of pyridine rings is 1. The summed E-state index contributed by atoms with van der Waals surface area (Å²) in [6.07, 6.45) is 5.76. The molecule has 0 bridgehead atoms. The molecule has 10 heteroatoms. The number of nitrogens with zero attached hydrogens (tertiary/aromatic N) is 5. The van der Waals surface area contributed by atoms with Crippen LogP contribution >= 0.6 is 0 Å². The number of phenols is 1. The van der Waals surface area contributed by atoms with Crippen LogP contribution in [0.25, 0.3) is 11.1 Å². The van der Waals surface area contributed by atoms with Gasteiger partial charge in [0.05, 0.1) is 6.42 Å². The van der Waals surface area contributed by atoms with Gasteiger partial charge < -0.3 is 19.8 Å². The van der Waals surface area contributed by atoms with Gasteiger partial charge in [0.15, 0.2) is 0 Å². The Labute approximate surface area is 324 Å². The van der Waals surface area contributed by atoms with E-state index in [4.69, 9.17) is 0 Å². The van der Waals surface area contributed by atoms with Gasteiger partial charge in [0.2, 0.25) is 17.7 Å². The molecule has 1 unspecified atom stereocenters. The number of hydrogen-bond donors (Lipinski definition) is 2. The predicted octanol–water partition coefficient (Wildman–Crippen LogP) is 6.00. The second-order valence-electron chi connectivity index (χ2n) is 15.1. The van der Waals surface area contributed by atoms with Crippen LogP contribution in [0.1, 0.15) is 61.3 Å². The molecule has 0 radical (unpaired) electrons. The van der Waals surface area contributed by atoms with Gasteiger partial charge in [0.25, 0.3) is 0 Å². The lowest BCUT2D eigenvalue weighted by Gasteiger charge is -2.39. The maximum atomic E-state index is 13.0. The lowest BCUT2D eigenvalue weighted by molar-refractivity contribution is -0.144. The van der Waals surface area contributed by atoms with E-state index in [9.17, 15) is 19.5 Å². The lowest BCUT2D eigenvalue weighted by Crippen LogP contribution is -2.53. The minimum absolute atomic E-state index is 0.152. The van der Waals surface area contributed by atoms with Crippen molar-refractivity contribution < 1.29 is 19.5 Å². The number of piperidine rings is 2. The second kappa shape index (κ2) is 17.3. The molecule has 286 valence electrons. The van der Waals surface area contributed by atoms with Crippen molar-refractivity contribution in [3.05, 3.63) is 119 Å². The van der Waals surface area contributed by atoms with Gasteiger partial charge in [-0.2, -0.15) is 0 Å². The molecule has 3 saturated heterocycles. The highest BCUT2D eigenvalue weighted by Crippen LogP contribution is 2.36. The Morgan fingerprint density at radius 2 is 1.49 bits per heavy atom. The number of carbonyl (C=O) groups is 3. The molecule has 7 rings (SSSR count). The Morgan fingerprint density at radius 1 is 0.818 bits per heavy atom. The van der Waals surface area contributed by atoms with Crippen molar-refractivity contribution in [1.82, 2.24) is 20.1 Å². The van der Waals surface area contributed by atoms with Gasteiger partial charge in [-0.05, 0) is 101 Å². The van der Waals surface area contributed by atoms with Crippen LogP contribution in [0, 0.1) is 5.92 Å². The number of carbonyl (C=O) groups excluding carboxylic acids is 3. The molecule has 4 heterocycles. The van der Waals surface area contributed by atoms with E-state index in [1.54, 1.807) is 25.4 Å². The summed E-state index contributed by atoms with van der Waals surface area (Å²) in [7, 11) is 1.63. The molecule has 3 fully saturated rings. The molecule has 1 atom stereocenters. The molecule has 0 saturated carbocycles. The van der Waals surface area contributed by atoms with Crippen LogP contribution in [0.3, 0.4) is 0 Å². The first kappa shape index (κ1) is 37.8. The molecule has 3 aromatic carbocycles. The van der Waals surface area contributed by atoms with Crippen LogP contribution < -0.4 is 15.1 Å². The second-order valence-corrected chi connectivity index (χ2v) is 15.1. The van der Waals surface area contributed by atoms with E-state index >= 15 is 0 Å². The fourth-order valence-corrected chi connectivity index (χ4v) is 8.31. The van der Waals surface area contributed by atoms with Gasteiger partial charge in [-0.1, -0.05) is 61.5 Å². The summed E-state index contributed by atoms with van der Waals surface area (Å²) in [5.41, 5.74) is 8.11. The third-order valence-electron chi connectivity index (χ3n) is 11.5. The molecule has 1 aromatic heterocycles. The first-order chi connectivity index (χ1) is 26.7. The van der Waals surface area contributed by atoms with Gasteiger partial charge in [0.1, 0.15) is 17.6 Å². The van der Waals surface area contributed by atoms with E-state index in [1.165, 1.54) is 45.7 Å². The largest absolute Gasteiger partial charge is 0.508 e. The highest BCUT2D eigenvalue weighted by molar-refractivity contribution is 6.02. The Morgan fingerprint density at radius 3 is 2.15 bits per heavy atom. The number of amides is 3. The number of allylic oxidation sites excluding steroid dienone is 1. The number of phenolic OH excluding ortho intramolecular Hbond substituents is 1. The summed E-state index contributed by atoms with van der Waals surface area (Å²) in [5.74, 6) is 0.968. The zero-order chi connectivity index (χ0) is 38.3. The van der Waals surface area contributed by atoms with E-state index in [-0.39, 0.29) is 30.4 Å². The molecule has 4 aromatic rings. The van der Waals surface area contributed by atoms with Crippen molar-refractivity contribution >= 4 is 40.4 Å². The lowest BCUT2D eigenvalue weighted by atomic mass is 9.88. The summed E-state index contributed by atoms with van der Waals surface area (Å²) >= 11 is 0. The summed E-state index contributed by atoms with van der Waals surface area (Å²) in [5, 5.41) is 12.3. The predicted molar refractivity (Wildman–Crippen MR) is 218 cm³/mol. The molecule has 3 aliphatic heterocycles. The Hall–Kier alpha value is -5.48. The summed E-state index contributed by atoms with van der Waals surface area (Å²) < 4.78 is 0. The third-order valence-corrected chi connectivity index (χ3v) is 11.5. The number of piperazine rings is 1. The topological polar surface area (TPSA) is 109 Å². The highest BCUT2D eigenvalue weighted by atomic mass is 16.3. The summed E-state index contributed by atoms with van der Waals surface area (Å²) in [6.45, 7) is 9.13. The Bertz CT molecular complexity index is 1980. The number of aromatic hydroxyl groups is 1. The molecule has 2 N–H and O–H groups in total. The van der Waals surface area contributed by atoms with Crippen molar-refractivity contribution in [1.29, 1.82) is 0 Å². The minimum Gasteiger partial charge on any atom is -0.508 e. The van der Waals surface area contributed by atoms with E-state index in [0.29, 0.717) is 12.3 Å². The SMILES string of the molecule is CC/C(=C(\c1ccc(O)cc1)c1ccc(N2CCC(CN3CCN(c4cc(CC(=O)N(C)C5CCC(=O)NC5=O)ccn4)CC3)CC2)cc1)c1ccccc1. The van der Waals surface area contributed by atoms with Crippen LogP contribution in [0.5, 0.6) is 5.75 Å². The van der Waals surface area contributed by atoms with E-state index in [0.717, 1.165) is 69.2 Å². The van der Waals surface area contributed by atoms with E-state index in [1.807, 2.05) is 24.3 Å². The van der Waals surface area contributed by atoms with Gasteiger partial charge in [-0.25, -0.2) is 4.98 Å². The number of aromatic nitrogens is 1. The molecule has 3 aliphatic rings. The summed E-state index contributed by atoms with van der Waals surface area (Å²) in [6, 6.07) is 30.4. The van der Waals surface area contributed by atoms with Crippen LogP contribution in [0.2, 0.25) is 0 Å². The first-order valence-electron chi connectivity index (χ1n) is 19.7. The van der Waals surface area contributed by atoms with Crippen molar-refractivity contribution in [3.63, 3.8) is 0 Å². The average Bonchev–Trinajstić information content (AvgIpc) is 3.21. The molecule has 0 spiro atoms. The number of imide groups is 1. The smallest absolute Gasteiger partial charge is 0.249 e. The fraction of sp³-hybridized carbons (Fsp3) is 0.378. The van der Waals surface area contributed by atoms with Gasteiger partial charge in [-0.15, -0.1) is 0 Å². The highest BCUT2D eigenvalue weighted by Gasteiger charge is 2.32. The van der Waals surface area contributed by atoms with Crippen LogP contribution in [-0.2, 0) is 20.8 Å². The Kier molecular flexibility index (Phi) is 11.9. The van der Waals surface area contributed by atoms with Gasteiger partial charge in [0, 0.05) is 71.2 Å². The number of rotatable bonds is 11. The van der Waals surface area contributed by atoms with Crippen molar-refractivity contribution in [2.24, 2.45) is 5.92 Å². The van der Waals surface area contributed by atoms with E-state index < -0.39 is 11.9 Å². The normalized spacial score (nSPS) is 18.8. The molecule has 10 nitrogen and oxygen atoms in total. The standard InChI is InChI=1S/C45H52N6O4/c1-3-39(34-7-5-4-6-8-34)44(36-11-15-38(52)16-12-36)35-9-13-37(14-10-35)50-23-20-32(21-24-50)31-49-25-27-51(28-26-49)41-29-33(19-22-46-41)30-43(54)48(2)40-17-18-42(53)47-45(40)55/h4-16,19,22,29,32,40,52H,3,17-18,20-21,23-28,30-31H2,1-2H3,(H,47,53,55)/b44-39+. The van der Waals surface area contributed by atoms with Crippen molar-refractivity contribution in [3.8, 4) is 5.75 Å². The molecule has 3 amide bonds.